The molecule has 0 radical (unpaired) electrons. The Morgan fingerprint density at radius 2 is 0.930 bits per heavy atom. The van der Waals surface area contributed by atoms with Gasteiger partial charge in [0.2, 0.25) is 0 Å². The Labute approximate surface area is 255 Å². The smallest absolute Gasteiger partial charge is 0.376 e. The molecule has 0 saturated carbocycles. The first-order valence-electron chi connectivity index (χ1n) is 13.4. The molecular weight excluding hydrogens is 569 g/mol. The summed E-state index contributed by atoms with van der Waals surface area (Å²) in [6.07, 6.45) is 8.00. The summed E-state index contributed by atoms with van der Waals surface area (Å²) in [6.45, 7) is 14.2. The number of rotatable bonds is 6. The van der Waals surface area contributed by atoms with Gasteiger partial charge < -0.3 is 4.18 Å². The van der Waals surface area contributed by atoms with E-state index in [1.807, 2.05) is 60.6 Å². The molecule has 0 spiro atoms. The van der Waals surface area contributed by atoms with Crippen LogP contribution < -0.4 is 4.18 Å². The van der Waals surface area contributed by atoms with Crippen molar-refractivity contribution in [3.8, 4) is 18.6 Å². The number of aryl methyl sites for hydroxylation is 5. The summed E-state index contributed by atoms with van der Waals surface area (Å²) >= 11 is 0. The molecule has 0 amide bonds. The summed E-state index contributed by atoms with van der Waals surface area (Å²) in [4.78, 5) is 0. The summed E-state index contributed by atoms with van der Waals surface area (Å²) < 4.78 is 66.3. The second kappa shape index (κ2) is 14.9. The third-order valence-electron chi connectivity index (χ3n) is 7.14. The van der Waals surface area contributed by atoms with Gasteiger partial charge in [-0.25, -0.2) is 0 Å². The van der Waals surface area contributed by atoms with E-state index in [0.717, 1.165) is 50.1 Å². The van der Waals surface area contributed by atoms with Crippen molar-refractivity contribution in [1.29, 1.82) is 0 Å². The number of hydrogen-bond acceptors (Lipinski definition) is 3. The zero-order valence-electron chi connectivity index (χ0n) is 25.0. The van der Waals surface area contributed by atoms with Gasteiger partial charge in [0.15, 0.2) is 0 Å². The molecule has 7 heteroatoms. The molecule has 230 valence electrons. The van der Waals surface area contributed by atoms with Gasteiger partial charge in [-0.15, -0.1) is 12.8 Å². The standard InChI is InChI=1S/C31H29F3O3S.C2H6.C2H2.CH4/c1-20-6-10-25(11-7-20)30(27-12-8-21(2)23(4)18-27,28-13-9-22(3)24(5)19-28)26-14-16-29(17-15-26)37-38(35,36)31(32,33)34;2*1-2;/h6-19H,1-5H3;1-2H3;1-2H;1H4. The summed E-state index contributed by atoms with van der Waals surface area (Å²) in [5.41, 5.74) is 2.86. The van der Waals surface area contributed by atoms with E-state index in [-0.39, 0.29) is 7.43 Å². The molecular formula is C36H41F3O3S. The van der Waals surface area contributed by atoms with Crippen LogP contribution in [0.2, 0.25) is 0 Å². The number of terminal acetylenes is 1. The van der Waals surface area contributed by atoms with Gasteiger partial charge in [-0.3, -0.25) is 0 Å². The first kappa shape index (κ1) is 37.0. The molecule has 3 nitrogen and oxygen atoms in total. The van der Waals surface area contributed by atoms with Crippen LogP contribution in [0.5, 0.6) is 5.75 Å². The molecule has 4 rings (SSSR count). The van der Waals surface area contributed by atoms with E-state index in [2.05, 4.69) is 65.6 Å². The lowest BCUT2D eigenvalue weighted by molar-refractivity contribution is -0.0500. The Morgan fingerprint density at radius 3 is 1.28 bits per heavy atom. The predicted molar refractivity (Wildman–Crippen MR) is 172 cm³/mol. The fourth-order valence-electron chi connectivity index (χ4n) is 4.69. The van der Waals surface area contributed by atoms with Crippen LogP contribution in [0.4, 0.5) is 13.2 Å². The molecule has 0 heterocycles. The molecule has 43 heavy (non-hydrogen) atoms. The minimum absolute atomic E-state index is 0. The highest BCUT2D eigenvalue weighted by molar-refractivity contribution is 7.88. The second-order valence-electron chi connectivity index (χ2n) is 9.72. The van der Waals surface area contributed by atoms with Crippen molar-refractivity contribution in [2.45, 2.75) is 66.8 Å². The SMILES string of the molecule is C.C#C.CC.Cc1ccc(C(c2ccc(OS(=O)(=O)C(F)(F)F)cc2)(c2ccc(C)c(C)c2)c2ccc(C)c(C)c2)cc1. The highest BCUT2D eigenvalue weighted by Gasteiger charge is 2.48. The fourth-order valence-corrected chi connectivity index (χ4v) is 5.15. The largest absolute Gasteiger partial charge is 0.534 e. The van der Waals surface area contributed by atoms with Crippen LogP contribution in [0, 0.1) is 47.5 Å². The van der Waals surface area contributed by atoms with Crippen LogP contribution in [-0.4, -0.2) is 13.9 Å². The Hall–Kier alpha value is -4.02. The van der Waals surface area contributed by atoms with Crippen LogP contribution in [0.15, 0.2) is 84.9 Å². The van der Waals surface area contributed by atoms with E-state index in [1.54, 1.807) is 12.1 Å². The lowest BCUT2D eigenvalue weighted by atomic mass is 9.64. The summed E-state index contributed by atoms with van der Waals surface area (Å²) in [5.74, 6) is -0.413. The first-order chi connectivity index (χ1) is 19.8. The van der Waals surface area contributed by atoms with E-state index < -0.39 is 26.8 Å². The monoisotopic (exact) mass is 610 g/mol. The molecule has 0 aromatic heterocycles. The molecule has 4 aromatic rings. The predicted octanol–water partition coefficient (Wildman–Crippen LogP) is 9.75. The van der Waals surface area contributed by atoms with Crippen LogP contribution in [0.1, 0.15) is 71.3 Å². The highest BCUT2D eigenvalue weighted by atomic mass is 32.2. The highest BCUT2D eigenvalue weighted by Crippen LogP contribution is 2.46. The van der Waals surface area contributed by atoms with E-state index >= 15 is 0 Å². The van der Waals surface area contributed by atoms with E-state index in [1.165, 1.54) is 12.1 Å². The second-order valence-corrected chi connectivity index (χ2v) is 11.3. The molecule has 4 aromatic carbocycles. The Bertz CT molecular complexity index is 1570. The molecule has 0 N–H and O–H groups in total. The molecule has 0 aliphatic heterocycles. The van der Waals surface area contributed by atoms with Gasteiger partial charge in [0.25, 0.3) is 0 Å². The van der Waals surface area contributed by atoms with Gasteiger partial charge in [-0.1, -0.05) is 99.6 Å². The molecule has 0 bridgehead atoms. The third-order valence-corrected chi connectivity index (χ3v) is 8.12. The maximum Gasteiger partial charge on any atom is 0.534 e. The van der Waals surface area contributed by atoms with Crippen LogP contribution in [0.25, 0.3) is 0 Å². The fraction of sp³-hybridized carbons (Fsp3) is 0.278. The lowest BCUT2D eigenvalue weighted by Crippen LogP contribution is -2.31. The Kier molecular flexibility index (Phi) is 12.8. The molecule has 0 atom stereocenters. The molecule has 0 fully saturated rings. The third kappa shape index (κ3) is 7.69. The Morgan fingerprint density at radius 1 is 0.581 bits per heavy atom. The van der Waals surface area contributed by atoms with Crippen molar-refractivity contribution in [3.63, 3.8) is 0 Å². The average Bonchev–Trinajstić information content (AvgIpc) is 2.96. The number of hydrogen-bond donors (Lipinski definition) is 0. The van der Waals surface area contributed by atoms with Gasteiger partial charge in [0, 0.05) is 0 Å². The molecule has 0 saturated heterocycles. The van der Waals surface area contributed by atoms with E-state index in [4.69, 9.17) is 0 Å². The maximum atomic E-state index is 12.9. The van der Waals surface area contributed by atoms with Crippen LogP contribution in [0.3, 0.4) is 0 Å². The van der Waals surface area contributed by atoms with Crippen molar-refractivity contribution < 1.29 is 25.8 Å². The van der Waals surface area contributed by atoms with Crippen molar-refractivity contribution in [2.75, 3.05) is 0 Å². The van der Waals surface area contributed by atoms with Crippen molar-refractivity contribution in [2.24, 2.45) is 0 Å². The quantitative estimate of drug-likeness (QED) is 0.0945. The van der Waals surface area contributed by atoms with Gasteiger partial charge in [-0.05, 0) is 91.3 Å². The van der Waals surface area contributed by atoms with Gasteiger partial charge in [-0.2, -0.15) is 21.6 Å². The number of halogens is 3. The summed E-state index contributed by atoms with van der Waals surface area (Å²) in [7, 11) is -5.78. The van der Waals surface area contributed by atoms with Crippen molar-refractivity contribution >= 4 is 10.1 Å². The first-order valence-corrected chi connectivity index (χ1v) is 14.8. The van der Waals surface area contributed by atoms with Gasteiger partial charge >= 0.3 is 15.6 Å². The van der Waals surface area contributed by atoms with Crippen molar-refractivity contribution in [1.82, 2.24) is 0 Å². The number of alkyl halides is 3. The zero-order valence-corrected chi connectivity index (χ0v) is 25.8. The maximum absolute atomic E-state index is 12.9. The van der Waals surface area contributed by atoms with E-state index in [9.17, 15) is 21.6 Å². The normalized spacial score (nSPS) is 11.2. The lowest BCUT2D eigenvalue weighted by Gasteiger charge is -2.37. The van der Waals surface area contributed by atoms with E-state index in [0.29, 0.717) is 0 Å². The molecule has 0 aliphatic rings. The van der Waals surface area contributed by atoms with Crippen LogP contribution >= 0.6 is 0 Å². The Balaban J connectivity index is 0.00000177. The van der Waals surface area contributed by atoms with Gasteiger partial charge in [0.05, 0.1) is 5.41 Å². The van der Waals surface area contributed by atoms with Crippen molar-refractivity contribution in [3.05, 3.63) is 135 Å². The minimum atomic E-state index is -5.78. The number of benzene rings is 4. The summed E-state index contributed by atoms with van der Waals surface area (Å²) in [6, 6.07) is 26.5. The topological polar surface area (TPSA) is 43.4 Å². The average molecular weight is 611 g/mol. The minimum Gasteiger partial charge on any atom is -0.376 e. The summed E-state index contributed by atoms with van der Waals surface area (Å²) in [5, 5.41) is 0. The molecule has 0 aliphatic carbocycles. The molecule has 0 unspecified atom stereocenters. The zero-order chi connectivity index (χ0) is 31.9. The van der Waals surface area contributed by atoms with Crippen LogP contribution in [-0.2, 0) is 15.5 Å². The van der Waals surface area contributed by atoms with Gasteiger partial charge in [0.1, 0.15) is 5.75 Å².